The summed E-state index contributed by atoms with van der Waals surface area (Å²) in [6.45, 7) is 5.89. The van der Waals surface area contributed by atoms with Gasteiger partial charge in [-0.15, -0.1) is 0 Å². The summed E-state index contributed by atoms with van der Waals surface area (Å²) in [5, 5.41) is 8.29. The number of anilines is 2. The van der Waals surface area contributed by atoms with Crippen LogP contribution in [0.4, 0.5) is 16.2 Å². The first kappa shape index (κ1) is 15.6. The van der Waals surface area contributed by atoms with Gasteiger partial charge in [0.05, 0.1) is 6.54 Å². The van der Waals surface area contributed by atoms with Crippen molar-refractivity contribution in [1.29, 1.82) is 0 Å². The van der Waals surface area contributed by atoms with E-state index in [2.05, 4.69) is 38.5 Å². The van der Waals surface area contributed by atoms with Gasteiger partial charge in [-0.2, -0.15) is 0 Å². The molecule has 5 nitrogen and oxygen atoms in total. The number of hydrogen-bond acceptors (Lipinski definition) is 2. The molecule has 0 radical (unpaired) electrons. The smallest absolute Gasteiger partial charge is 0.319 e. The molecule has 0 saturated heterocycles. The van der Waals surface area contributed by atoms with Crippen molar-refractivity contribution in [1.82, 2.24) is 5.32 Å². The van der Waals surface area contributed by atoms with Crippen LogP contribution < -0.4 is 16.0 Å². The van der Waals surface area contributed by atoms with Crippen LogP contribution in [0.1, 0.15) is 18.4 Å². The molecule has 3 amide bonds. The van der Waals surface area contributed by atoms with Crippen molar-refractivity contribution >= 4 is 39.2 Å². The van der Waals surface area contributed by atoms with E-state index in [-0.39, 0.29) is 17.9 Å². The topological polar surface area (TPSA) is 70.2 Å². The van der Waals surface area contributed by atoms with Crippen molar-refractivity contribution in [3.8, 4) is 0 Å². The minimum absolute atomic E-state index is 0.0462. The van der Waals surface area contributed by atoms with Gasteiger partial charge in [0.15, 0.2) is 0 Å². The molecule has 1 aromatic rings. The average Bonchev–Trinajstić information content (AvgIpc) is 3.24. The molecule has 0 aliphatic heterocycles. The summed E-state index contributed by atoms with van der Waals surface area (Å²) in [6, 6.07) is 5.14. The summed E-state index contributed by atoms with van der Waals surface area (Å²) in [4.78, 5) is 23.5. The van der Waals surface area contributed by atoms with Crippen LogP contribution in [0.5, 0.6) is 0 Å². The van der Waals surface area contributed by atoms with Crippen molar-refractivity contribution in [2.24, 2.45) is 5.92 Å². The van der Waals surface area contributed by atoms with Crippen molar-refractivity contribution in [3.63, 3.8) is 0 Å². The largest absolute Gasteiger partial charge is 0.333 e. The molecular formula is C15H18BrN3O2. The molecule has 1 saturated carbocycles. The van der Waals surface area contributed by atoms with Gasteiger partial charge in [-0.05, 0) is 37.5 Å². The zero-order valence-electron chi connectivity index (χ0n) is 11.8. The first-order valence-electron chi connectivity index (χ1n) is 6.75. The lowest BCUT2D eigenvalue weighted by Gasteiger charge is -2.12. The number of halogens is 1. The Labute approximate surface area is 132 Å². The number of hydrogen-bond donors (Lipinski definition) is 3. The Morgan fingerprint density at radius 1 is 1.33 bits per heavy atom. The first-order valence-corrected chi connectivity index (χ1v) is 7.54. The highest BCUT2D eigenvalue weighted by Crippen LogP contribution is 2.30. The van der Waals surface area contributed by atoms with Crippen LogP contribution in [0.3, 0.4) is 0 Å². The Balaban J connectivity index is 1.99. The molecule has 0 heterocycles. The summed E-state index contributed by atoms with van der Waals surface area (Å²) < 4.78 is 0.694. The van der Waals surface area contributed by atoms with Gasteiger partial charge in [0.25, 0.3) is 0 Å². The molecule has 0 unspecified atom stereocenters. The van der Waals surface area contributed by atoms with Crippen LogP contribution in [0.25, 0.3) is 0 Å². The molecule has 0 aromatic heterocycles. The number of amides is 3. The van der Waals surface area contributed by atoms with Gasteiger partial charge < -0.3 is 16.0 Å². The second kappa shape index (κ2) is 6.76. The molecule has 3 N–H and O–H groups in total. The van der Waals surface area contributed by atoms with Crippen LogP contribution >= 0.6 is 15.9 Å². The van der Waals surface area contributed by atoms with Crippen molar-refractivity contribution in [2.75, 3.05) is 17.2 Å². The van der Waals surface area contributed by atoms with E-state index in [1.54, 1.807) is 6.07 Å². The zero-order chi connectivity index (χ0) is 15.4. The van der Waals surface area contributed by atoms with E-state index in [1.165, 1.54) is 0 Å². The van der Waals surface area contributed by atoms with Gasteiger partial charge in [-0.1, -0.05) is 28.6 Å². The summed E-state index contributed by atoms with van der Waals surface area (Å²) in [5.74, 6) is 0.195. The fourth-order valence-corrected chi connectivity index (χ4v) is 1.91. The third-order valence-corrected chi connectivity index (χ3v) is 3.42. The SMILES string of the molecule is C=C(Br)CNC(=O)Nc1cc(NC(=O)C2CC2)ccc1C. The van der Waals surface area contributed by atoms with E-state index in [9.17, 15) is 9.59 Å². The first-order chi connectivity index (χ1) is 9.95. The molecule has 6 heteroatoms. The summed E-state index contributed by atoms with van der Waals surface area (Å²) in [6.07, 6.45) is 1.92. The minimum atomic E-state index is -0.315. The number of rotatable bonds is 5. The Kier molecular flexibility index (Phi) is 5.01. The van der Waals surface area contributed by atoms with Crippen LogP contribution in [0.15, 0.2) is 29.3 Å². The van der Waals surface area contributed by atoms with Crippen molar-refractivity contribution < 1.29 is 9.59 Å². The Morgan fingerprint density at radius 2 is 2.05 bits per heavy atom. The quantitative estimate of drug-likeness (QED) is 0.760. The predicted octanol–water partition coefficient (Wildman–Crippen LogP) is 3.37. The van der Waals surface area contributed by atoms with Crippen LogP contribution in [-0.2, 0) is 4.79 Å². The fraction of sp³-hybridized carbons (Fsp3) is 0.333. The van der Waals surface area contributed by atoms with Gasteiger partial charge in [-0.25, -0.2) is 4.79 Å². The number of nitrogens with one attached hydrogen (secondary N) is 3. The third kappa shape index (κ3) is 4.90. The maximum Gasteiger partial charge on any atom is 0.319 e. The lowest BCUT2D eigenvalue weighted by Crippen LogP contribution is -2.29. The molecular weight excluding hydrogens is 334 g/mol. The molecule has 0 atom stereocenters. The van der Waals surface area contributed by atoms with Crippen LogP contribution in [0, 0.1) is 12.8 Å². The van der Waals surface area contributed by atoms with Crippen molar-refractivity contribution in [2.45, 2.75) is 19.8 Å². The Hall–Kier alpha value is -1.82. The second-order valence-electron chi connectivity index (χ2n) is 5.12. The standard InChI is InChI=1S/C15H18BrN3O2/c1-9-3-6-12(18-14(20)11-4-5-11)7-13(9)19-15(21)17-8-10(2)16/h3,6-7,11H,2,4-5,8H2,1H3,(H,18,20)(H2,17,19,21). The fourth-order valence-electron chi connectivity index (χ4n) is 1.77. The number of carbonyl (C=O) groups excluding carboxylic acids is 2. The van der Waals surface area contributed by atoms with E-state index in [0.29, 0.717) is 22.4 Å². The molecule has 21 heavy (non-hydrogen) atoms. The summed E-state index contributed by atoms with van der Waals surface area (Å²) in [7, 11) is 0. The molecule has 2 rings (SSSR count). The Bertz CT molecular complexity index is 582. The average molecular weight is 352 g/mol. The molecule has 112 valence electrons. The van der Waals surface area contributed by atoms with Gasteiger partial charge in [0, 0.05) is 21.8 Å². The molecule has 1 fully saturated rings. The third-order valence-electron chi connectivity index (χ3n) is 3.14. The lowest BCUT2D eigenvalue weighted by atomic mass is 10.1. The normalized spacial score (nSPS) is 13.4. The summed E-state index contributed by atoms with van der Waals surface area (Å²) >= 11 is 3.18. The van der Waals surface area contributed by atoms with Gasteiger partial charge >= 0.3 is 6.03 Å². The van der Waals surface area contributed by atoms with E-state index in [0.717, 1.165) is 18.4 Å². The molecule has 1 aliphatic rings. The minimum Gasteiger partial charge on any atom is -0.333 e. The molecule has 1 aliphatic carbocycles. The number of urea groups is 1. The van der Waals surface area contributed by atoms with E-state index in [1.807, 2.05) is 19.1 Å². The van der Waals surface area contributed by atoms with E-state index >= 15 is 0 Å². The second-order valence-corrected chi connectivity index (χ2v) is 6.24. The number of aryl methyl sites for hydroxylation is 1. The van der Waals surface area contributed by atoms with Crippen LogP contribution in [-0.4, -0.2) is 18.5 Å². The summed E-state index contributed by atoms with van der Waals surface area (Å²) in [5.41, 5.74) is 2.28. The van der Waals surface area contributed by atoms with Gasteiger partial charge in [0.1, 0.15) is 0 Å². The highest BCUT2D eigenvalue weighted by Gasteiger charge is 2.29. The van der Waals surface area contributed by atoms with Crippen LogP contribution in [0.2, 0.25) is 0 Å². The van der Waals surface area contributed by atoms with Crippen molar-refractivity contribution in [3.05, 3.63) is 34.8 Å². The van der Waals surface area contributed by atoms with E-state index < -0.39 is 0 Å². The van der Waals surface area contributed by atoms with Gasteiger partial charge in [0.2, 0.25) is 5.91 Å². The highest BCUT2D eigenvalue weighted by molar-refractivity contribution is 9.11. The highest BCUT2D eigenvalue weighted by atomic mass is 79.9. The number of carbonyl (C=O) groups is 2. The maximum atomic E-state index is 11.7. The molecule has 0 bridgehead atoms. The lowest BCUT2D eigenvalue weighted by molar-refractivity contribution is -0.117. The zero-order valence-corrected chi connectivity index (χ0v) is 13.4. The molecule has 0 spiro atoms. The molecule has 1 aromatic carbocycles. The monoisotopic (exact) mass is 351 g/mol. The van der Waals surface area contributed by atoms with Gasteiger partial charge in [-0.3, -0.25) is 4.79 Å². The van der Waals surface area contributed by atoms with E-state index in [4.69, 9.17) is 0 Å². The predicted molar refractivity (Wildman–Crippen MR) is 87.6 cm³/mol. The number of benzene rings is 1. The Morgan fingerprint density at radius 3 is 2.67 bits per heavy atom. The maximum absolute atomic E-state index is 11.7.